The number of aliphatic hydroxyl groups is 1. The number of carboxylic acid groups (broad SMARTS) is 1. The largest absolute Gasteiger partial charge is 0.477 e. The number of benzene rings is 1. The van der Waals surface area contributed by atoms with E-state index >= 15 is 0 Å². The van der Waals surface area contributed by atoms with E-state index in [2.05, 4.69) is 0 Å². The van der Waals surface area contributed by atoms with Crippen LogP contribution >= 0.6 is 23.4 Å². The lowest BCUT2D eigenvalue weighted by Gasteiger charge is -2.17. The number of fused-ring (bicyclic) bond motifs is 3. The molecule has 0 saturated heterocycles. The summed E-state index contributed by atoms with van der Waals surface area (Å²) >= 11 is 6.94. The first-order valence-corrected chi connectivity index (χ1v) is 7.36. The zero-order valence-corrected chi connectivity index (χ0v) is 12.0. The number of carbonyl (C=O) groups is 1. The highest BCUT2D eigenvalue weighted by molar-refractivity contribution is 7.99. The molecule has 21 heavy (non-hydrogen) atoms. The summed E-state index contributed by atoms with van der Waals surface area (Å²) in [6, 6.07) is 1.85. The molecule has 1 aromatic carbocycles. The van der Waals surface area contributed by atoms with Crippen molar-refractivity contribution in [2.24, 2.45) is 0 Å². The molecule has 8 heteroatoms. The molecule has 0 radical (unpaired) electrons. The summed E-state index contributed by atoms with van der Waals surface area (Å²) < 4.78 is 15.2. The molecule has 2 aromatic rings. The molecule has 3 rings (SSSR count). The Bertz CT molecular complexity index is 835. The number of aromatic carboxylic acids is 1. The van der Waals surface area contributed by atoms with E-state index in [9.17, 15) is 24.2 Å². The van der Waals surface area contributed by atoms with E-state index in [1.807, 2.05) is 0 Å². The fourth-order valence-electron chi connectivity index (χ4n) is 2.46. The van der Waals surface area contributed by atoms with Crippen LogP contribution in [0, 0.1) is 5.82 Å². The van der Waals surface area contributed by atoms with Crippen molar-refractivity contribution in [3.8, 4) is 0 Å². The minimum Gasteiger partial charge on any atom is -0.477 e. The number of aliphatic hydroxyl groups excluding tert-OH is 1. The van der Waals surface area contributed by atoms with Gasteiger partial charge in [-0.25, -0.2) is 9.18 Å². The third kappa shape index (κ3) is 2.04. The van der Waals surface area contributed by atoms with Gasteiger partial charge >= 0.3 is 5.97 Å². The first-order valence-electron chi connectivity index (χ1n) is 6.00. The standard InChI is InChI=1S/C13H9ClFNO4S/c14-7-2-9-6(1-8(7)15)11(18)10(13(19)20)12-16(9)5(3-17)4-21-12/h1-2,5,17H,3-4H2,(H,19,20). The van der Waals surface area contributed by atoms with Gasteiger partial charge in [0.05, 0.1) is 28.2 Å². The second-order valence-electron chi connectivity index (χ2n) is 4.62. The van der Waals surface area contributed by atoms with Gasteiger partial charge in [-0.15, -0.1) is 11.8 Å². The highest BCUT2D eigenvalue weighted by atomic mass is 35.5. The number of carboxylic acids is 1. The van der Waals surface area contributed by atoms with Crippen LogP contribution in [0.2, 0.25) is 5.02 Å². The van der Waals surface area contributed by atoms with Crippen LogP contribution < -0.4 is 5.43 Å². The van der Waals surface area contributed by atoms with Gasteiger partial charge in [0.2, 0.25) is 5.43 Å². The molecule has 1 aliphatic heterocycles. The summed E-state index contributed by atoms with van der Waals surface area (Å²) in [6.07, 6.45) is 0. The molecule has 1 aliphatic rings. The third-order valence-electron chi connectivity index (χ3n) is 3.40. The van der Waals surface area contributed by atoms with Crippen LogP contribution in [0.3, 0.4) is 0 Å². The Balaban J connectivity index is 2.53. The summed E-state index contributed by atoms with van der Waals surface area (Å²) in [5, 5.41) is 18.7. The molecule has 0 saturated carbocycles. The molecule has 0 fully saturated rings. The molecule has 1 unspecified atom stereocenters. The van der Waals surface area contributed by atoms with Gasteiger partial charge in [0.1, 0.15) is 11.4 Å². The SMILES string of the molecule is O=C(O)c1c2n(c3cc(Cl)c(F)cc3c1=O)C(CO)CS2. The Morgan fingerprint density at radius 3 is 2.86 bits per heavy atom. The van der Waals surface area contributed by atoms with Crippen LogP contribution in [0.4, 0.5) is 4.39 Å². The van der Waals surface area contributed by atoms with Crippen molar-refractivity contribution in [1.29, 1.82) is 0 Å². The van der Waals surface area contributed by atoms with Crippen LogP contribution in [0.1, 0.15) is 16.4 Å². The lowest BCUT2D eigenvalue weighted by Crippen LogP contribution is -2.22. The Labute approximate surface area is 127 Å². The summed E-state index contributed by atoms with van der Waals surface area (Å²) in [5.74, 6) is -1.72. The quantitative estimate of drug-likeness (QED) is 0.882. The van der Waals surface area contributed by atoms with Crippen LogP contribution in [-0.2, 0) is 0 Å². The predicted molar refractivity (Wildman–Crippen MR) is 77.0 cm³/mol. The Hall–Kier alpha value is -1.57. The maximum Gasteiger partial charge on any atom is 0.342 e. The Morgan fingerprint density at radius 2 is 2.24 bits per heavy atom. The van der Waals surface area contributed by atoms with Crippen LogP contribution in [0.5, 0.6) is 0 Å². The molecular weight excluding hydrogens is 321 g/mol. The zero-order valence-electron chi connectivity index (χ0n) is 10.5. The highest BCUT2D eigenvalue weighted by Gasteiger charge is 2.31. The van der Waals surface area contributed by atoms with Crippen molar-refractivity contribution < 1.29 is 19.4 Å². The normalized spacial score (nSPS) is 17.2. The third-order valence-corrected chi connectivity index (χ3v) is 4.92. The van der Waals surface area contributed by atoms with Crippen molar-refractivity contribution in [3.63, 3.8) is 0 Å². The van der Waals surface area contributed by atoms with E-state index in [4.69, 9.17) is 11.6 Å². The van der Waals surface area contributed by atoms with Gasteiger partial charge < -0.3 is 14.8 Å². The van der Waals surface area contributed by atoms with Gasteiger partial charge in [-0.05, 0) is 12.1 Å². The van der Waals surface area contributed by atoms with Crippen molar-refractivity contribution in [3.05, 3.63) is 38.8 Å². The first-order chi connectivity index (χ1) is 9.95. The van der Waals surface area contributed by atoms with Crippen LogP contribution in [0.15, 0.2) is 22.0 Å². The van der Waals surface area contributed by atoms with Gasteiger partial charge in [0, 0.05) is 11.1 Å². The summed E-state index contributed by atoms with van der Waals surface area (Å²) in [6.45, 7) is -0.216. The second kappa shape index (κ2) is 5.01. The number of halogens is 2. The van der Waals surface area contributed by atoms with E-state index in [0.717, 1.165) is 6.07 Å². The molecule has 0 amide bonds. The average molecular weight is 330 g/mol. The van der Waals surface area contributed by atoms with E-state index < -0.39 is 22.8 Å². The average Bonchev–Trinajstić information content (AvgIpc) is 2.84. The maximum absolute atomic E-state index is 13.6. The molecule has 0 bridgehead atoms. The fourth-order valence-corrected chi connectivity index (χ4v) is 3.93. The number of rotatable bonds is 2. The number of nitrogens with zero attached hydrogens (tertiary/aromatic N) is 1. The first kappa shape index (κ1) is 14.4. The number of hydrogen-bond donors (Lipinski definition) is 2. The van der Waals surface area contributed by atoms with Gasteiger partial charge in [-0.2, -0.15) is 0 Å². The van der Waals surface area contributed by atoms with Gasteiger partial charge in [0.15, 0.2) is 0 Å². The lowest BCUT2D eigenvalue weighted by molar-refractivity contribution is 0.0689. The number of hydrogen-bond acceptors (Lipinski definition) is 4. The Morgan fingerprint density at radius 1 is 1.52 bits per heavy atom. The van der Waals surface area contributed by atoms with E-state index in [0.29, 0.717) is 11.3 Å². The molecule has 2 N–H and O–H groups in total. The smallest absolute Gasteiger partial charge is 0.342 e. The van der Waals surface area contributed by atoms with E-state index in [1.54, 1.807) is 4.57 Å². The predicted octanol–water partition coefficient (Wildman–Crippen LogP) is 2.13. The van der Waals surface area contributed by atoms with Gasteiger partial charge in [-0.1, -0.05) is 11.6 Å². The van der Waals surface area contributed by atoms with Crippen molar-refractivity contribution in [2.45, 2.75) is 11.1 Å². The lowest BCUT2D eigenvalue weighted by atomic mass is 10.1. The van der Waals surface area contributed by atoms with Crippen LogP contribution in [0.25, 0.3) is 10.9 Å². The van der Waals surface area contributed by atoms with E-state index in [1.165, 1.54) is 17.8 Å². The highest BCUT2D eigenvalue weighted by Crippen LogP contribution is 2.38. The van der Waals surface area contributed by atoms with E-state index in [-0.39, 0.29) is 28.1 Å². The minimum absolute atomic E-state index is 0.0565. The maximum atomic E-state index is 13.6. The van der Waals surface area contributed by atoms with Crippen LogP contribution in [-0.4, -0.2) is 33.1 Å². The topological polar surface area (TPSA) is 79.5 Å². The number of thioether (sulfide) groups is 1. The minimum atomic E-state index is -1.37. The monoisotopic (exact) mass is 329 g/mol. The number of aromatic nitrogens is 1. The molecule has 5 nitrogen and oxygen atoms in total. The molecule has 110 valence electrons. The molecule has 0 aliphatic carbocycles. The zero-order chi connectivity index (χ0) is 15.3. The van der Waals surface area contributed by atoms with Crippen molar-refractivity contribution in [2.75, 3.05) is 12.4 Å². The Kier molecular flexibility index (Phi) is 3.43. The van der Waals surface area contributed by atoms with Crippen molar-refractivity contribution >= 4 is 40.2 Å². The summed E-state index contributed by atoms with van der Waals surface area (Å²) in [7, 11) is 0. The molecule has 1 atom stereocenters. The molecule has 2 heterocycles. The molecule has 0 spiro atoms. The second-order valence-corrected chi connectivity index (χ2v) is 6.03. The number of pyridine rings is 1. The van der Waals surface area contributed by atoms with Gasteiger partial charge in [-0.3, -0.25) is 4.79 Å². The van der Waals surface area contributed by atoms with Gasteiger partial charge in [0.25, 0.3) is 0 Å². The van der Waals surface area contributed by atoms with Crippen molar-refractivity contribution in [1.82, 2.24) is 4.57 Å². The summed E-state index contributed by atoms with van der Waals surface area (Å²) in [4.78, 5) is 23.7. The summed E-state index contributed by atoms with van der Waals surface area (Å²) in [5.41, 5.74) is -0.814. The molecule has 1 aromatic heterocycles. The fraction of sp³-hybridized carbons (Fsp3) is 0.231. The molecular formula is C13H9ClFNO4S.